The van der Waals surface area contributed by atoms with Crippen molar-refractivity contribution < 1.29 is 10.2 Å². The average molecular weight is 187 g/mol. The van der Waals surface area contributed by atoms with Crippen LogP contribution in [0.25, 0.3) is 0 Å². The molecule has 13 heavy (non-hydrogen) atoms. The molecule has 0 radical (unpaired) electrons. The molecule has 0 unspecified atom stereocenters. The Labute approximate surface area is 80.4 Å². The van der Waals surface area contributed by atoms with Crippen molar-refractivity contribution in [3.8, 4) is 0 Å². The van der Waals surface area contributed by atoms with Crippen LogP contribution in [0.5, 0.6) is 0 Å². The summed E-state index contributed by atoms with van der Waals surface area (Å²) in [6, 6.07) is 0. The number of rotatable bonds is 5. The van der Waals surface area contributed by atoms with E-state index in [1.807, 2.05) is 0 Å². The van der Waals surface area contributed by atoms with Gasteiger partial charge in [0.15, 0.2) is 0 Å². The van der Waals surface area contributed by atoms with Crippen LogP contribution >= 0.6 is 0 Å². The molecule has 0 aromatic heterocycles. The van der Waals surface area contributed by atoms with E-state index in [1.165, 1.54) is 25.7 Å². The zero-order chi connectivity index (χ0) is 9.68. The van der Waals surface area contributed by atoms with Crippen molar-refractivity contribution in [3.63, 3.8) is 0 Å². The third-order valence-electron chi connectivity index (χ3n) is 2.66. The highest BCUT2D eigenvalue weighted by molar-refractivity contribution is 4.82. The topological polar surface area (TPSA) is 43.7 Å². The smallest absolute Gasteiger partial charge is 0.0938 e. The zero-order valence-electron chi connectivity index (χ0n) is 8.45. The number of β-amino-alcohol motifs (C(OH)–C–C–N with tert-alkyl or cyclic N) is 2. The van der Waals surface area contributed by atoms with Gasteiger partial charge in [-0.1, -0.05) is 26.2 Å². The molecule has 1 rings (SSSR count). The van der Waals surface area contributed by atoms with E-state index in [0.29, 0.717) is 13.1 Å². The van der Waals surface area contributed by atoms with Crippen molar-refractivity contribution in [1.29, 1.82) is 0 Å². The van der Waals surface area contributed by atoms with Crippen LogP contribution < -0.4 is 0 Å². The molecule has 0 saturated carbocycles. The number of aliphatic hydroxyl groups excluding tert-OH is 2. The van der Waals surface area contributed by atoms with Crippen LogP contribution in [-0.4, -0.2) is 47.0 Å². The van der Waals surface area contributed by atoms with E-state index in [0.717, 1.165) is 6.54 Å². The van der Waals surface area contributed by atoms with Gasteiger partial charge in [-0.05, 0) is 13.0 Å². The summed E-state index contributed by atoms with van der Waals surface area (Å²) in [5.41, 5.74) is 0. The number of aliphatic hydroxyl groups is 2. The van der Waals surface area contributed by atoms with E-state index in [2.05, 4.69) is 11.8 Å². The Hall–Kier alpha value is -0.120. The summed E-state index contributed by atoms with van der Waals surface area (Å²) in [7, 11) is 0. The Morgan fingerprint density at radius 1 is 1.08 bits per heavy atom. The van der Waals surface area contributed by atoms with Crippen molar-refractivity contribution in [2.24, 2.45) is 0 Å². The lowest BCUT2D eigenvalue weighted by molar-refractivity contribution is 0.0572. The minimum Gasteiger partial charge on any atom is -0.389 e. The number of likely N-dealkylation sites (tertiary alicyclic amines) is 1. The Morgan fingerprint density at radius 2 is 1.69 bits per heavy atom. The quantitative estimate of drug-likeness (QED) is 0.620. The molecule has 2 atom stereocenters. The van der Waals surface area contributed by atoms with Crippen LogP contribution in [0.2, 0.25) is 0 Å². The minimum absolute atomic E-state index is 0.522. The van der Waals surface area contributed by atoms with E-state index in [4.69, 9.17) is 0 Å². The number of hydrogen-bond acceptors (Lipinski definition) is 3. The maximum Gasteiger partial charge on any atom is 0.0938 e. The second-order valence-electron chi connectivity index (χ2n) is 3.95. The molecule has 0 spiro atoms. The van der Waals surface area contributed by atoms with Gasteiger partial charge >= 0.3 is 0 Å². The molecule has 1 fully saturated rings. The van der Waals surface area contributed by atoms with Crippen molar-refractivity contribution in [3.05, 3.63) is 0 Å². The highest BCUT2D eigenvalue weighted by Crippen LogP contribution is 2.11. The van der Waals surface area contributed by atoms with Gasteiger partial charge in [0, 0.05) is 13.1 Å². The summed E-state index contributed by atoms with van der Waals surface area (Å²) < 4.78 is 0. The molecule has 1 saturated heterocycles. The van der Waals surface area contributed by atoms with Gasteiger partial charge in [0.2, 0.25) is 0 Å². The number of nitrogens with zero attached hydrogens (tertiary/aromatic N) is 1. The van der Waals surface area contributed by atoms with Crippen LogP contribution in [0.15, 0.2) is 0 Å². The first-order chi connectivity index (χ1) is 6.24. The summed E-state index contributed by atoms with van der Waals surface area (Å²) in [6.45, 7) is 4.51. The Morgan fingerprint density at radius 3 is 2.23 bits per heavy atom. The van der Waals surface area contributed by atoms with E-state index in [-0.39, 0.29) is 0 Å². The third-order valence-corrected chi connectivity index (χ3v) is 2.66. The van der Waals surface area contributed by atoms with Gasteiger partial charge < -0.3 is 10.2 Å². The van der Waals surface area contributed by atoms with Gasteiger partial charge in [-0.25, -0.2) is 0 Å². The Kier molecular flexibility index (Phi) is 4.70. The minimum atomic E-state index is -0.522. The van der Waals surface area contributed by atoms with E-state index in [9.17, 15) is 10.2 Å². The van der Waals surface area contributed by atoms with Crippen LogP contribution in [-0.2, 0) is 0 Å². The average Bonchev–Trinajstić information content (AvgIpc) is 2.41. The fraction of sp³-hybridized carbons (Fsp3) is 1.00. The molecule has 0 aromatic carbocycles. The monoisotopic (exact) mass is 187 g/mol. The lowest BCUT2D eigenvalue weighted by Gasteiger charge is -2.13. The van der Waals surface area contributed by atoms with Crippen LogP contribution in [0, 0.1) is 0 Å². The van der Waals surface area contributed by atoms with E-state index < -0.39 is 12.2 Å². The molecule has 0 aromatic rings. The van der Waals surface area contributed by atoms with Crippen molar-refractivity contribution in [2.45, 2.75) is 44.8 Å². The summed E-state index contributed by atoms with van der Waals surface area (Å²) in [6.07, 6.45) is 3.95. The Balaban J connectivity index is 2.03. The predicted molar refractivity (Wildman–Crippen MR) is 52.6 cm³/mol. The maximum absolute atomic E-state index is 9.28. The molecule has 3 nitrogen and oxygen atoms in total. The Bertz CT molecular complexity index is 131. The molecule has 1 aliphatic rings. The molecule has 1 heterocycles. The summed E-state index contributed by atoms with van der Waals surface area (Å²) in [5.74, 6) is 0. The molecule has 0 amide bonds. The van der Waals surface area contributed by atoms with Gasteiger partial charge in [0.25, 0.3) is 0 Å². The largest absolute Gasteiger partial charge is 0.389 e. The first-order valence-corrected chi connectivity index (χ1v) is 5.32. The van der Waals surface area contributed by atoms with E-state index >= 15 is 0 Å². The standard InChI is InChI=1S/C10H21NO2/c1-2-3-4-5-6-11-7-9(12)10(13)8-11/h9-10,12-13H,2-8H2,1H3/t9-,10+. The molecule has 2 N–H and O–H groups in total. The van der Waals surface area contributed by atoms with Gasteiger partial charge in [-0.3, -0.25) is 4.90 Å². The normalized spacial score (nSPS) is 29.8. The second-order valence-corrected chi connectivity index (χ2v) is 3.95. The van der Waals surface area contributed by atoms with Crippen LogP contribution in [0.1, 0.15) is 32.6 Å². The number of hydrogen-bond donors (Lipinski definition) is 2. The van der Waals surface area contributed by atoms with Crippen LogP contribution in [0.4, 0.5) is 0 Å². The molecule has 3 heteroatoms. The SMILES string of the molecule is CCCCCCN1C[C@@H](O)[C@@H](O)C1. The fourth-order valence-corrected chi connectivity index (χ4v) is 1.79. The third kappa shape index (κ3) is 3.63. The van der Waals surface area contributed by atoms with Crippen molar-refractivity contribution in [1.82, 2.24) is 4.90 Å². The summed E-state index contributed by atoms with van der Waals surface area (Å²) in [4.78, 5) is 2.14. The molecule has 0 bridgehead atoms. The zero-order valence-corrected chi connectivity index (χ0v) is 8.45. The van der Waals surface area contributed by atoms with Crippen LogP contribution in [0.3, 0.4) is 0 Å². The molecule has 0 aliphatic carbocycles. The molecule has 1 aliphatic heterocycles. The molecule has 78 valence electrons. The van der Waals surface area contributed by atoms with Gasteiger partial charge in [-0.2, -0.15) is 0 Å². The van der Waals surface area contributed by atoms with E-state index in [1.54, 1.807) is 0 Å². The maximum atomic E-state index is 9.28. The lowest BCUT2D eigenvalue weighted by Crippen LogP contribution is -2.23. The molecular weight excluding hydrogens is 166 g/mol. The highest BCUT2D eigenvalue weighted by Gasteiger charge is 2.28. The second kappa shape index (κ2) is 5.58. The van der Waals surface area contributed by atoms with Gasteiger partial charge in [0.1, 0.15) is 0 Å². The first-order valence-electron chi connectivity index (χ1n) is 5.32. The molecular formula is C10H21NO2. The van der Waals surface area contributed by atoms with Crippen molar-refractivity contribution in [2.75, 3.05) is 19.6 Å². The fourth-order valence-electron chi connectivity index (χ4n) is 1.79. The summed E-state index contributed by atoms with van der Waals surface area (Å²) >= 11 is 0. The van der Waals surface area contributed by atoms with Gasteiger partial charge in [0.05, 0.1) is 12.2 Å². The first kappa shape index (κ1) is 11.0. The summed E-state index contributed by atoms with van der Waals surface area (Å²) in [5, 5.41) is 18.6. The predicted octanol–water partition coefficient (Wildman–Crippen LogP) is 0.604. The lowest BCUT2D eigenvalue weighted by atomic mass is 10.2. The van der Waals surface area contributed by atoms with Gasteiger partial charge in [-0.15, -0.1) is 0 Å². The van der Waals surface area contributed by atoms with Crippen molar-refractivity contribution >= 4 is 0 Å². The highest BCUT2D eigenvalue weighted by atomic mass is 16.3. The number of unbranched alkanes of at least 4 members (excludes halogenated alkanes) is 3.